The Balaban J connectivity index is 1.86. The summed E-state index contributed by atoms with van der Waals surface area (Å²) in [4.78, 5) is 23.4. The van der Waals surface area contributed by atoms with Crippen molar-refractivity contribution >= 4 is 11.9 Å². The van der Waals surface area contributed by atoms with Crippen molar-refractivity contribution in [2.24, 2.45) is 0 Å². The minimum absolute atomic E-state index is 0.0417. The molecule has 0 spiro atoms. The minimum atomic E-state index is -0.391. The Morgan fingerprint density at radius 1 is 0.742 bits per heavy atom. The fourth-order valence-corrected chi connectivity index (χ4v) is 3.44. The Morgan fingerprint density at radius 3 is 1.87 bits per heavy atom. The van der Waals surface area contributed by atoms with Crippen LogP contribution in [0.3, 0.4) is 0 Å². The predicted molar refractivity (Wildman–Crippen MR) is 122 cm³/mol. The second-order valence-electron chi connectivity index (χ2n) is 8.25. The molecule has 0 aliphatic rings. The molecule has 0 aromatic heterocycles. The third-order valence-corrected chi connectivity index (χ3v) is 5.31. The smallest absolute Gasteiger partial charge is 0.306 e. The second-order valence-corrected chi connectivity index (χ2v) is 8.25. The summed E-state index contributed by atoms with van der Waals surface area (Å²) in [6.45, 7) is 2.75. The molecule has 4 nitrogen and oxygen atoms in total. The van der Waals surface area contributed by atoms with Gasteiger partial charge < -0.3 is 9.47 Å². The Bertz CT molecular complexity index is 603. The molecule has 0 saturated heterocycles. The molecule has 31 heavy (non-hydrogen) atoms. The SMILES string of the molecule is CCCCCCCCCCCCCCOC(=O)CCCC(=O)OCc1cccc(F)c1. The number of carbonyl (C=O) groups is 2. The number of hydrogen-bond donors (Lipinski definition) is 0. The third kappa shape index (κ3) is 16.5. The van der Waals surface area contributed by atoms with Crippen LogP contribution < -0.4 is 0 Å². The molecule has 0 heterocycles. The van der Waals surface area contributed by atoms with Crippen LogP contribution in [0.4, 0.5) is 4.39 Å². The van der Waals surface area contributed by atoms with Crippen LogP contribution in [0.15, 0.2) is 24.3 Å². The van der Waals surface area contributed by atoms with Crippen LogP contribution in [0.25, 0.3) is 0 Å². The Kier molecular flexibility index (Phi) is 16.5. The maximum Gasteiger partial charge on any atom is 0.306 e. The molecular weight excluding hydrogens is 395 g/mol. The molecule has 0 aliphatic carbocycles. The van der Waals surface area contributed by atoms with Crippen LogP contribution in [0.5, 0.6) is 0 Å². The highest BCUT2D eigenvalue weighted by molar-refractivity contribution is 5.72. The fraction of sp³-hybridized carbons (Fsp3) is 0.692. The van der Waals surface area contributed by atoms with Gasteiger partial charge in [0.2, 0.25) is 0 Å². The molecule has 176 valence electrons. The lowest BCUT2D eigenvalue weighted by Gasteiger charge is -2.06. The van der Waals surface area contributed by atoms with Gasteiger partial charge in [-0.15, -0.1) is 0 Å². The lowest BCUT2D eigenvalue weighted by molar-refractivity contribution is -0.146. The topological polar surface area (TPSA) is 52.6 Å². The van der Waals surface area contributed by atoms with Crippen molar-refractivity contribution < 1.29 is 23.5 Å². The van der Waals surface area contributed by atoms with Crippen LogP contribution in [-0.2, 0) is 25.7 Å². The first-order chi connectivity index (χ1) is 15.1. The molecule has 0 atom stereocenters. The first-order valence-electron chi connectivity index (χ1n) is 12.2. The largest absolute Gasteiger partial charge is 0.466 e. The Morgan fingerprint density at radius 2 is 1.29 bits per heavy atom. The van der Waals surface area contributed by atoms with E-state index in [1.54, 1.807) is 12.1 Å². The average Bonchev–Trinajstić information content (AvgIpc) is 2.75. The van der Waals surface area contributed by atoms with E-state index in [1.807, 2.05) is 0 Å². The van der Waals surface area contributed by atoms with Gasteiger partial charge in [-0.25, -0.2) is 4.39 Å². The fourth-order valence-electron chi connectivity index (χ4n) is 3.44. The molecule has 0 unspecified atom stereocenters. The van der Waals surface area contributed by atoms with Gasteiger partial charge in [-0.3, -0.25) is 9.59 Å². The first kappa shape index (κ1) is 27.1. The summed E-state index contributed by atoms with van der Waals surface area (Å²) in [5.74, 6) is -1.01. The lowest BCUT2D eigenvalue weighted by atomic mass is 10.1. The van der Waals surface area contributed by atoms with Crippen LogP contribution in [0.1, 0.15) is 109 Å². The maximum atomic E-state index is 13.1. The third-order valence-electron chi connectivity index (χ3n) is 5.31. The van der Waals surface area contributed by atoms with E-state index in [4.69, 9.17) is 9.47 Å². The van der Waals surface area contributed by atoms with E-state index in [0.717, 1.165) is 12.8 Å². The van der Waals surface area contributed by atoms with E-state index >= 15 is 0 Å². The first-order valence-corrected chi connectivity index (χ1v) is 12.2. The van der Waals surface area contributed by atoms with E-state index in [9.17, 15) is 14.0 Å². The second kappa shape index (κ2) is 18.8. The predicted octanol–water partition coefficient (Wildman–Crippen LogP) is 7.28. The number of unbranched alkanes of at least 4 members (excludes halogenated alkanes) is 11. The van der Waals surface area contributed by atoms with E-state index in [-0.39, 0.29) is 31.2 Å². The molecule has 1 rings (SSSR count). The number of halogens is 1. The van der Waals surface area contributed by atoms with Crippen molar-refractivity contribution in [3.63, 3.8) is 0 Å². The highest BCUT2D eigenvalue weighted by atomic mass is 19.1. The maximum absolute atomic E-state index is 13.1. The quantitative estimate of drug-likeness (QED) is 0.169. The molecule has 0 aliphatic heterocycles. The molecule has 0 radical (unpaired) electrons. The van der Waals surface area contributed by atoms with Gasteiger partial charge in [-0.2, -0.15) is 0 Å². The van der Waals surface area contributed by atoms with Crippen molar-refractivity contribution in [1.82, 2.24) is 0 Å². The van der Waals surface area contributed by atoms with Gasteiger partial charge in [0, 0.05) is 12.8 Å². The lowest BCUT2D eigenvalue weighted by Crippen LogP contribution is -2.09. The zero-order chi connectivity index (χ0) is 22.6. The monoisotopic (exact) mass is 436 g/mol. The van der Waals surface area contributed by atoms with Crippen LogP contribution in [0, 0.1) is 5.82 Å². The van der Waals surface area contributed by atoms with Crippen LogP contribution in [-0.4, -0.2) is 18.5 Å². The number of benzene rings is 1. The van der Waals surface area contributed by atoms with Crippen molar-refractivity contribution in [3.05, 3.63) is 35.6 Å². The van der Waals surface area contributed by atoms with Gasteiger partial charge >= 0.3 is 11.9 Å². The van der Waals surface area contributed by atoms with E-state index < -0.39 is 5.97 Å². The van der Waals surface area contributed by atoms with Gasteiger partial charge in [-0.1, -0.05) is 89.7 Å². The highest BCUT2D eigenvalue weighted by Crippen LogP contribution is 2.12. The summed E-state index contributed by atoms with van der Waals surface area (Å²) in [6, 6.07) is 5.95. The average molecular weight is 437 g/mol. The number of carbonyl (C=O) groups excluding carboxylic acids is 2. The van der Waals surface area contributed by atoms with Crippen molar-refractivity contribution in [2.45, 2.75) is 110 Å². The molecule has 0 N–H and O–H groups in total. The van der Waals surface area contributed by atoms with E-state index in [2.05, 4.69) is 6.92 Å². The van der Waals surface area contributed by atoms with Gasteiger partial charge in [0.1, 0.15) is 12.4 Å². The van der Waals surface area contributed by atoms with Gasteiger partial charge in [0.15, 0.2) is 0 Å². The normalized spacial score (nSPS) is 10.8. The number of ether oxygens (including phenoxy) is 2. The van der Waals surface area contributed by atoms with Crippen molar-refractivity contribution in [1.29, 1.82) is 0 Å². The molecule has 5 heteroatoms. The van der Waals surface area contributed by atoms with Gasteiger partial charge in [-0.05, 0) is 30.5 Å². The Hall–Kier alpha value is -1.91. The van der Waals surface area contributed by atoms with Crippen LogP contribution in [0.2, 0.25) is 0 Å². The molecule has 1 aromatic carbocycles. The molecular formula is C26H41FO4. The minimum Gasteiger partial charge on any atom is -0.466 e. The highest BCUT2D eigenvalue weighted by Gasteiger charge is 2.08. The van der Waals surface area contributed by atoms with E-state index in [0.29, 0.717) is 18.6 Å². The molecule has 0 amide bonds. The zero-order valence-corrected chi connectivity index (χ0v) is 19.3. The summed E-state index contributed by atoms with van der Waals surface area (Å²) >= 11 is 0. The van der Waals surface area contributed by atoms with Crippen molar-refractivity contribution in [2.75, 3.05) is 6.61 Å². The molecule has 0 fully saturated rings. The number of rotatable bonds is 19. The summed E-state index contributed by atoms with van der Waals surface area (Å²) in [5.41, 5.74) is 0.607. The molecule has 1 aromatic rings. The van der Waals surface area contributed by atoms with Crippen LogP contribution >= 0.6 is 0 Å². The Labute approximate surface area is 187 Å². The standard InChI is InChI=1S/C26H41FO4/c1-2-3-4-5-6-7-8-9-10-11-12-13-20-30-25(28)18-15-19-26(29)31-22-23-16-14-17-24(27)21-23/h14,16-17,21H,2-13,15,18-20,22H2,1H3. The summed E-state index contributed by atoms with van der Waals surface area (Å²) in [6.07, 6.45) is 16.1. The number of esters is 2. The zero-order valence-electron chi connectivity index (χ0n) is 19.3. The molecule has 0 bridgehead atoms. The van der Waals surface area contributed by atoms with Gasteiger partial charge in [0.25, 0.3) is 0 Å². The summed E-state index contributed by atoms with van der Waals surface area (Å²) < 4.78 is 23.4. The molecule has 0 saturated carbocycles. The van der Waals surface area contributed by atoms with Gasteiger partial charge in [0.05, 0.1) is 6.61 Å². The van der Waals surface area contributed by atoms with E-state index in [1.165, 1.54) is 76.3 Å². The number of hydrogen-bond acceptors (Lipinski definition) is 4. The summed E-state index contributed by atoms with van der Waals surface area (Å²) in [7, 11) is 0. The summed E-state index contributed by atoms with van der Waals surface area (Å²) in [5, 5.41) is 0. The van der Waals surface area contributed by atoms with Crippen molar-refractivity contribution in [3.8, 4) is 0 Å².